The van der Waals surface area contributed by atoms with Crippen molar-refractivity contribution in [2.75, 3.05) is 11.5 Å². The van der Waals surface area contributed by atoms with Gasteiger partial charge in [0.15, 0.2) is 15.0 Å². The van der Waals surface area contributed by atoms with E-state index in [-0.39, 0.29) is 5.75 Å². The molecule has 1 aromatic carbocycles. The summed E-state index contributed by atoms with van der Waals surface area (Å²) in [6, 6.07) is 6.75. The minimum Gasteiger partial charge on any atom is -0.326 e. The molecule has 0 saturated heterocycles. The third-order valence-corrected chi connectivity index (χ3v) is 5.75. The smallest absolute Gasteiger partial charge is 0.190 e. The summed E-state index contributed by atoms with van der Waals surface area (Å²) in [4.78, 5) is 0.319. The molecule has 0 spiro atoms. The monoisotopic (exact) mass is 312 g/mol. The minimum atomic E-state index is -3.29. The van der Waals surface area contributed by atoms with Crippen LogP contribution in [0.15, 0.2) is 40.6 Å². The molecule has 2 rings (SSSR count). The molecule has 1 aromatic heterocycles. The molecule has 20 heavy (non-hydrogen) atoms. The van der Waals surface area contributed by atoms with Gasteiger partial charge in [-0.1, -0.05) is 23.9 Å². The Balaban J connectivity index is 2.02. The van der Waals surface area contributed by atoms with Crippen molar-refractivity contribution in [3.8, 4) is 0 Å². The van der Waals surface area contributed by atoms with E-state index in [0.29, 0.717) is 22.3 Å². The second kappa shape index (κ2) is 6.38. The summed E-state index contributed by atoms with van der Waals surface area (Å²) in [5.41, 5.74) is 6.34. The molecule has 0 amide bonds. The zero-order valence-electron chi connectivity index (χ0n) is 11.1. The van der Waals surface area contributed by atoms with Crippen molar-refractivity contribution in [3.63, 3.8) is 0 Å². The molecule has 0 atom stereocenters. The maximum atomic E-state index is 12.2. The number of aryl methyl sites for hydroxylation is 1. The SMILES string of the molecule is Cn1cnnc1SCCS(=O)(=O)c1cccc(CN)c1. The van der Waals surface area contributed by atoms with Gasteiger partial charge in [-0.2, -0.15) is 0 Å². The Morgan fingerprint density at radius 2 is 2.20 bits per heavy atom. The first-order chi connectivity index (χ1) is 9.53. The largest absolute Gasteiger partial charge is 0.326 e. The molecule has 108 valence electrons. The first kappa shape index (κ1) is 15.0. The normalized spacial score (nSPS) is 11.7. The Morgan fingerprint density at radius 3 is 2.85 bits per heavy atom. The molecule has 6 nitrogen and oxygen atoms in total. The lowest BCUT2D eigenvalue weighted by Gasteiger charge is -2.06. The number of aromatic nitrogens is 3. The molecule has 0 unspecified atom stereocenters. The maximum absolute atomic E-state index is 12.2. The molecule has 0 fully saturated rings. The van der Waals surface area contributed by atoms with E-state index in [2.05, 4.69) is 10.2 Å². The van der Waals surface area contributed by atoms with Crippen LogP contribution < -0.4 is 5.73 Å². The van der Waals surface area contributed by atoms with Crippen LogP contribution in [0.2, 0.25) is 0 Å². The lowest BCUT2D eigenvalue weighted by atomic mass is 10.2. The average Bonchev–Trinajstić information content (AvgIpc) is 2.84. The number of nitrogens with two attached hydrogens (primary N) is 1. The highest BCUT2D eigenvalue weighted by molar-refractivity contribution is 8.00. The molecule has 2 aromatic rings. The molecule has 1 heterocycles. The van der Waals surface area contributed by atoms with E-state index in [0.717, 1.165) is 5.56 Å². The van der Waals surface area contributed by atoms with E-state index >= 15 is 0 Å². The Hall–Kier alpha value is -1.38. The molecule has 0 bridgehead atoms. The molecular weight excluding hydrogens is 296 g/mol. The van der Waals surface area contributed by atoms with Crippen LogP contribution >= 0.6 is 11.8 Å². The first-order valence-corrected chi connectivity index (χ1v) is 8.65. The number of hydrogen-bond donors (Lipinski definition) is 1. The number of sulfone groups is 1. The van der Waals surface area contributed by atoms with Gasteiger partial charge in [0.25, 0.3) is 0 Å². The van der Waals surface area contributed by atoms with Crippen LogP contribution in [0.25, 0.3) is 0 Å². The second-order valence-electron chi connectivity index (χ2n) is 4.24. The fourth-order valence-corrected chi connectivity index (χ4v) is 4.23. The molecule has 8 heteroatoms. The number of nitrogens with zero attached hydrogens (tertiary/aromatic N) is 3. The van der Waals surface area contributed by atoms with Crippen LogP contribution in [0, 0.1) is 0 Å². The third-order valence-electron chi connectivity index (χ3n) is 2.75. The van der Waals surface area contributed by atoms with Crippen LogP contribution in [0.4, 0.5) is 0 Å². The van der Waals surface area contributed by atoms with E-state index in [4.69, 9.17) is 5.73 Å². The minimum absolute atomic E-state index is 0.0541. The van der Waals surface area contributed by atoms with Crippen molar-refractivity contribution in [2.45, 2.75) is 16.6 Å². The standard InChI is InChI=1S/C12H16N4O2S2/c1-16-9-14-15-12(16)19-5-6-20(17,18)11-4-2-3-10(7-11)8-13/h2-4,7,9H,5-6,8,13H2,1H3. The van der Waals surface area contributed by atoms with Gasteiger partial charge in [-0.05, 0) is 17.7 Å². The highest BCUT2D eigenvalue weighted by Crippen LogP contribution is 2.18. The molecular formula is C12H16N4O2S2. The van der Waals surface area contributed by atoms with Gasteiger partial charge in [-0.15, -0.1) is 10.2 Å². The van der Waals surface area contributed by atoms with Gasteiger partial charge < -0.3 is 10.3 Å². The summed E-state index contributed by atoms with van der Waals surface area (Å²) in [7, 11) is -1.47. The fraction of sp³-hybridized carbons (Fsp3) is 0.333. The molecule has 0 radical (unpaired) electrons. The van der Waals surface area contributed by atoms with Crippen LogP contribution in [0.3, 0.4) is 0 Å². The summed E-state index contributed by atoms with van der Waals surface area (Å²) < 4.78 is 26.2. The van der Waals surface area contributed by atoms with Crippen molar-refractivity contribution in [2.24, 2.45) is 12.8 Å². The Kier molecular flexibility index (Phi) is 4.79. The van der Waals surface area contributed by atoms with Gasteiger partial charge in [0, 0.05) is 19.3 Å². The lowest BCUT2D eigenvalue weighted by molar-refractivity contribution is 0.597. The van der Waals surface area contributed by atoms with E-state index < -0.39 is 9.84 Å². The van der Waals surface area contributed by atoms with Gasteiger partial charge >= 0.3 is 0 Å². The molecule has 0 aliphatic heterocycles. The molecule has 0 saturated carbocycles. The number of thioether (sulfide) groups is 1. The first-order valence-electron chi connectivity index (χ1n) is 6.01. The van der Waals surface area contributed by atoms with Gasteiger partial charge in [0.2, 0.25) is 0 Å². The fourth-order valence-electron chi connectivity index (χ4n) is 1.63. The number of benzene rings is 1. The van der Waals surface area contributed by atoms with Crippen LogP contribution in [0.1, 0.15) is 5.56 Å². The summed E-state index contributed by atoms with van der Waals surface area (Å²) in [5.74, 6) is 0.486. The molecule has 0 aliphatic carbocycles. The summed E-state index contributed by atoms with van der Waals surface area (Å²) in [6.45, 7) is 0.330. The van der Waals surface area contributed by atoms with E-state index in [9.17, 15) is 8.42 Å². The third kappa shape index (κ3) is 3.59. The molecule has 2 N–H and O–H groups in total. The zero-order chi connectivity index (χ0) is 14.6. The Labute approximate surface area is 122 Å². The quantitative estimate of drug-likeness (QED) is 0.795. The number of hydrogen-bond acceptors (Lipinski definition) is 6. The van der Waals surface area contributed by atoms with Gasteiger partial charge in [0.05, 0.1) is 10.6 Å². The van der Waals surface area contributed by atoms with Gasteiger partial charge in [-0.25, -0.2) is 8.42 Å². The predicted octanol–water partition coefficient (Wildman–Crippen LogP) is 0.840. The highest BCUT2D eigenvalue weighted by Gasteiger charge is 2.15. The second-order valence-corrected chi connectivity index (χ2v) is 7.41. The molecule has 0 aliphatic rings. The zero-order valence-corrected chi connectivity index (χ0v) is 12.7. The summed E-state index contributed by atoms with van der Waals surface area (Å²) in [5, 5.41) is 8.35. The van der Waals surface area contributed by atoms with Crippen molar-refractivity contribution in [1.82, 2.24) is 14.8 Å². The Bertz CT molecular complexity index is 682. The van der Waals surface area contributed by atoms with Crippen molar-refractivity contribution >= 4 is 21.6 Å². The van der Waals surface area contributed by atoms with Crippen molar-refractivity contribution < 1.29 is 8.42 Å². The Morgan fingerprint density at radius 1 is 1.40 bits per heavy atom. The van der Waals surface area contributed by atoms with E-state index in [1.165, 1.54) is 11.8 Å². The predicted molar refractivity (Wildman–Crippen MR) is 78.1 cm³/mol. The summed E-state index contributed by atoms with van der Waals surface area (Å²) >= 11 is 1.37. The van der Waals surface area contributed by atoms with Gasteiger partial charge in [-0.3, -0.25) is 0 Å². The van der Waals surface area contributed by atoms with Crippen LogP contribution in [0.5, 0.6) is 0 Å². The average molecular weight is 312 g/mol. The van der Waals surface area contributed by atoms with E-state index in [1.807, 2.05) is 13.1 Å². The van der Waals surface area contributed by atoms with Crippen LogP contribution in [-0.4, -0.2) is 34.7 Å². The lowest BCUT2D eigenvalue weighted by Crippen LogP contribution is -2.10. The summed E-state index contributed by atoms with van der Waals surface area (Å²) in [6.07, 6.45) is 1.58. The van der Waals surface area contributed by atoms with Crippen molar-refractivity contribution in [1.29, 1.82) is 0 Å². The maximum Gasteiger partial charge on any atom is 0.190 e. The highest BCUT2D eigenvalue weighted by atomic mass is 32.2. The van der Waals surface area contributed by atoms with E-state index in [1.54, 1.807) is 29.1 Å². The van der Waals surface area contributed by atoms with Gasteiger partial charge in [0.1, 0.15) is 6.33 Å². The van der Waals surface area contributed by atoms with Crippen molar-refractivity contribution in [3.05, 3.63) is 36.2 Å². The topological polar surface area (TPSA) is 90.9 Å². The number of rotatable bonds is 6. The van der Waals surface area contributed by atoms with Crippen LogP contribution in [-0.2, 0) is 23.4 Å².